The molecule has 0 bridgehead atoms. The molecule has 1 atom stereocenters. The first kappa shape index (κ1) is 19.0. The summed E-state index contributed by atoms with van der Waals surface area (Å²) < 4.78 is 11.1. The van der Waals surface area contributed by atoms with Gasteiger partial charge in [0.15, 0.2) is 0 Å². The maximum absolute atomic E-state index is 11.1. The lowest BCUT2D eigenvalue weighted by molar-refractivity contribution is -0.116. The van der Waals surface area contributed by atoms with Crippen molar-refractivity contribution in [2.45, 2.75) is 19.4 Å². The van der Waals surface area contributed by atoms with Crippen molar-refractivity contribution in [1.82, 2.24) is 5.32 Å². The van der Waals surface area contributed by atoms with E-state index in [0.29, 0.717) is 26.1 Å². The third-order valence-corrected chi connectivity index (χ3v) is 3.49. The largest absolute Gasteiger partial charge is 0.492 e. The van der Waals surface area contributed by atoms with Crippen LogP contribution in [-0.4, -0.2) is 43.3 Å². The summed E-state index contributed by atoms with van der Waals surface area (Å²) in [7, 11) is 0. The second-order valence-electron chi connectivity index (χ2n) is 5.85. The number of rotatable bonds is 11. The lowest BCUT2D eigenvalue weighted by Crippen LogP contribution is -2.33. The molecule has 25 heavy (non-hydrogen) atoms. The van der Waals surface area contributed by atoms with Crippen molar-refractivity contribution in [1.29, 1.82) is 0 Å². The van der Waals surface area contributed by atoms with Gasteiger partial charge < -0.3 is 19.9 Å². The highest BCUT2D eigenvalue weighted by Gasteiger charge is 2.05. The zero-order chi connectivity index (χ0) is 17.9. The van der Waals surface area contributed by atoms with Crippen molar-refractivity contribution in [3.8, 4) is 11.5 Å². The highest BCUT2D eigenvalue weighted by atomic mass is 16.5. The van der Waals surface area contributed by atoms with Crippen LogP contribution >= 0.6 is 0 Å². The minimum atomic E-state index is -0.578. The monoisotopic (exact) mass is 343 g/mol. The number of aliphatic hydroxyl groups excluding tert-OH is 1. The Morgan fingerprint density at radius 3 is 2.40 bits per heavy atom. The van der Waals surface area contributed by atoms with Gasteiger partial charge in [-0.3, -0.25) is 4.79 Å². The van der Waals surface area contributed by atoms with E-state index < -0.39 is 6.10 Å². The summed E-state index contributed by atoms with van der Waals surface area (Å²) in [5, 5.41) is 13.0. The van der Waals surface area contributed by atoms with E-state index in [-0.39, 0.29) is 12.4 Å². The van der Waals surface area contributed by atoms with E-state index in [2.05, 4.69) is 5.32 Å². The maximum Gasteiger partial charge on any atom is 0.134 e. The van der Waals surface area contributed by atoms with Gasteiger partial charge in [0, 0.05) is 19.5 Å². The Bertz CT molecular complexity index is 628. The molecule has 0 heterocycles. The first-order valence-corrected chi connectivity index (χ1v) is 8.41. The van der Waals surface area contributed by atoms with Crippen LogP contribution in [-0.2, 0) is 11.2 Å². The zero-order valence-electron chi connectivity index (χ0n) is 14.5. The molecule has 1 unspecified atom stereocenters. The lowest BCUT2D eigenvalue weighted by atomic mass is 10.1. The van der Waals surface area contributed by atoms with E-state index in [4.69, 9.17) is 9.47 Å². The van der Waals surface area contributed by atoms with Crippen LogP contribution in [0.15, 0.2) is 54.6 Å². The number of aliphatic hydroxyl groups is 1. The molecule has 2 aromatic carbocycles. The van der Waals surface area contributed by atoms with Gasteiger partial charge in [0.25, 0.3) is 0 Å². The standard InChI is InChI=1S/C20H25NO4/c1-16(22)13-17-7-9-20(10-8-17)24-12-11-21-14-18(23)15-25-19-5-3-2-4-6-19/h2-10,18,21,23H,11-15H2,1H3. The van der Waals surface area contributed by atoms with Crippen LogP contribution in [0.2, 0.25) is 0 Å². The molecule has 0 aromatic heterocycles. The number of carbonyl (C=O) groups is 1. The van der Waals surface area contributed by atoms with Gasteiger partial charge in [-0.25, -0.2) is 0 Å². The Balaban J connectivity index is 1.56. The van der Waals surface area contributed by atoms with Crippen LogP contribution in [0.3, 0.4) is 0 Å². The summed E-state index contributed by atoms with van der Waals surface area (Å²) in [6.45, 7) is 3.38. The van der Waals surface area contributed by atoms with E-state index in [1.807, 2.05) is 54.6 Å². The molecule has 0 saturated carbocycles. The zero-order valence-corrected chi connectivity index (χ0v) is 14.5. The number of para-hydroxylation sites is 1. The Morgan fingerprint density at radius 2 is 1.72 bits per heavy atom. The van der Waals surface area contributed by atoms with Gasteiger partial charge in [-0.1, -0.05) is 30.3 Å². The number of carbonyl (C=O) groups excluding carboxylic acids is 1. The SMILES string of the molecule is CC(=O)Cc1ccc(OCCNCC(O)COc2ccccc2)cc1. The molecule has 0 radical (unpaired) electrons. The first-order chi connectivity index (χ1) is 12.1. The van der Waals surface area contributed by atoms with Gasteiger partial charge in [-0.2, -0.15) is 0 Å². The van der Waals surface area contributed by atoms with Crippen molar-refractivity contribution < 1.29 is 19.4 Å². The molecule has 0 spiro atoms. The summed E-state index contributed by atoms with van der Waals surface area (Å²) in [5.41, 5.74) is 0.986. The van der Waals surface area contributed by atoms with Gasteiger partial charge in [0.2, 0.25) is 0 Å². The van der Waals surface area contributed by atoms with E-state index >= 15 is 0 Å². The van der Waals surface area contributed by atoms with Gasteiger partial charge in [0.05, 0.1) is 0 Å². The smallest absolute Gasteiger partial charge is 0.134 e. The fourth-order valence-electron chi connectivity index (χ4n) is 2.27. The normalized spacial score (nSPS) is 11.8. The second kappa shape index (κ2) is 10.5. The molecule has 2 rings (SSSR count). The van der Waals surface area contributed by atoms with Crippen LogP contribution in [0.1, 0.15) is 12.5 Å². The first-order valence-electron chi connectivity index (χ1n) is 8.41. The van der Waals surface area contributed by atoms with Crippen LogP contribution in [0.25, 0.3) is 0 Å². The van der Waals surface area contributed by atoms with Crippen LogP contribution in [0.4, 0.5) is 0 Å². The predicted molar refractivity (Wildman–Crippen MR) is 97.1 cm³/mol. The Morgan fingerprint density at radius 1 is 1.04 bits per heavy atom. The quantitative estimate of drug-likeness (QED) is 0.613. The maximum atomic E-state index is 11.1. The van der Waals surface area contributed by atoms with Crippen LogP contribution < -0.4 is 14.8 Å². The van der Waals surface area contributed by atoms with Crippen molar-refractivity contribution in [3.63, 3.8) is 0 Å². The molecule has 0 amide bonds. The molecule has 2 N–H and O–H groups in total. The summed E-state index contributed by atoms with van der Waals surface area (Å²) >= 11 is 0. The molecule has 0 aliphatic rings. The minimum Gasteiger partial charge on any atom is -0.492 e. The summed E-state index contributed by atoms with van der Waals surface area (Å²) in [6.07, 6.45) is -0.129. The van der Waals surface area contributed by atoms with Crippen molar-refractivity contribution >= 4 is 5.78 Å². The number of ether oxygens (including phenoxy) is 2. The highest BCUT2D eigenvalue weighted by molar-refractivity contribution is 5.78. The van der Waals surface area contributed by atoms with Gasteiger partial charge in [0.1, 0.15) is 36.6 Å². The van der Waals surface area contributed by atoms with E-state index in [9.17, 15) is 9.90 Å². The van der Waals surface area contributed by atoms with E-state index in [1.165, 1.54) is 0 Å². The Hall–Kier alpha value is -2.37. The molecule has 0 aliphatic heterocycles. The van der Waals surface area contributed by atoms with Gasteiger partial charge in [-0.15, -0.1) is 0 Å². The average Bonchev–Trinajstić information content (AvgIpc) is 2.61. The Labute approximate surface area is 148 Å². The molecule has 0 aliphatic carbocycles. The minimum absolute atomic E-state index is 0.146. The summed E-state index contributed by atoms with van der Waals surface area (Å²) in [6, 6.07) is 16.9. The molecule has 5 nitrogen and oxygen atoms in total. The van der Waals surface area contributed by atoms with Gasteiger partial charge in [-0.05, 0) is 36.8 Å². The molecular formula is C20H25NO4. The fraction of sp³-hybridized carbons (Fsp3) is 0.350. The van der Waals surface area contributed by atoms with Gasteiger partial charge >= 0.3 is 0 Å². The van der Waals surface area contributed by atoms with Crippen LogP contribution in [0.5, 0.6) is 11.5 Å². The predicted octanol–water partition coefficient (Wildman–Crippen LogP) is 2.23. The Kier molecular flexibility index (Phi) is 7.95. The van der Waals surface area contributed by atoms with E-state index in [0.717, 1.165) is 17.1 Å². The third-order valence-electron chi connectivity index (χ3n) is 3.49. The summed E-state index contributed by atoms with van der Waals surface area (Å²) in [4.78, 5) is 11.1. The molecule has 134 valence electrons. The van der Waals surface area contributed by atoms with Crippen LogP contribution in [0, 0.1) is 0 Å². The number of benzene rings is 2. The third kappa shape index (κ3) is 7.83. The number of Topliss-reactive ketones (excluding diaryl/α,β-unsaturated/α-hetero) is 1. The molecule has 5 heteroatoms. The molecule has 0 fully saturated rings. The van der Waals surface area contributed by atoms with Crippen molar-refractivity contribution in [2.75, 3.05) is 26.3 Å². The highest BCUT2D eigenvalue weighted by Crippen LogP contribution is 2.12. The molecule has 0 saturated heterocycles. The van der Waals surface area contributed by atoms with Crippen molar-refractivity contribution in [2.24, 2.45) is 0 Å². The average molecular weight is 343 g/mol. The molecule has 2 aromatic rings. The number of ketones is 1. The summed E-state index contributed by atoms with van der Waals surface area (Å²) in [5.74, 6) is 1.66. The van der Waals surface area contributed by atoms with E-state index in [1.54, 1.807) is 6.92 Å². The molecular weight excluding hydrogens is 318 g/mol. The number of nitrogens with one attached hydrogen (secondary N) is 1. The fourth-order valence-corrected chi connectivity index (χ4v) is 2.27. The van der Waals surface area contributed by atoms with Crippen molar-refractivity contribution in [3.05, 3.63) is 60.2 Å². The lowest BCUT2D eigenvalue weighted by Gasteiger charge is -2.13. The topological polar surface area (TPSA) is 67.8 Å². The second-order valence-corrected chi connectivity index (χ2v) is 5.85. The number of hydrogen-bond donors (Lipinski definition) is 2. The number of hydrogen-bond acceptors (Lipinski definition) is 5.